The van der Waals surface area contributed by atoms with Gasteiger partial charge in [-0.2, -0.15) is 5.26 Å². The number of rotatable bonds is 4. The van der Waals surface area contributed by atoms with Crippen LogP contribution in [0.1, 0.15) is 27.2 Å². The normalized spacial score (nSPS) is 10.0. The molecule has 2 aromatic carbocycles. The summed E-state index contributed by atoms with van der Waals surface area (Å²) in [6.45, 7) is 4.07. The molecular weight excluding hydrogens is 326 g/mol. The molecule has 0 bridgehead atoms. The summed E-state index contributed by atoms with van der Waals surface area (Å²) in [6.07, 6.45) is 2.93. The van der Waals surface area contributed by atoms with E-state index >= 15 is 0 Å². The van der Waals surface area contributed by atoms with Gasteiger partial charge >= 0.3 is 0 Å². The Morgan fingerprint density at radius 2 is 1.88 bits per heavy atom. The molecule has 6 nitrogen and oxygen atoms in total. The number of carbonyl (C=O) groups is 1. The molecule has 0 unspecified atom stereocenters. The highest BCUT2D eigenvalue weighted by Gasteiger charge is 2.09. The number of nitriles is 1. The molecule has 0 aliphatic carbocycles. The van der Waals surface area contributed by atoms with Gasteiger partial charge in [0, 0.05) is 11.4 Å². The molecule has 0 radical (unpaired) electrons. The molecule has 0 spiro atoms. The molecule has 0 aliphatic rings. The standard InChI is InChI=1S/C20H17N5O/c1-13-5-3-8-17(14(13)2)25-19-12-22-18(11-23-19)20(26)24-16-7-4-6-15(9-16)10-21/h3-9,11-12H,1-2H3,(H,23,25)(H,24,26). The molecule has 0 fully saturated rings. The van der Waals surface area contributed by atoms with Crippen LogP contribution in [0, 0.1) is 25.2 Å². The maximum absolute atomic E-state index is 12.3. The summed E-state index contributed by atoms with van der Waals surface area (Å²) < 4.78 is 0. The molecule has 6 heteroatoms. The van der Waals surface area contributed by atoms with E-state index in [-0.39, 0.29) is 11.6 Å². The summed E-state index contributed by atoms with van der Waals surface area (Å²) in [5.41, 5.74) is 4.46. The minimum absolute atomic E-state index is 0.193. The van der Waals surface area contributed by atoms with Gasteiger partial charge in [-0.15, -0.1) is 0 Å². The van der Waals surface area contributed by atoms with Crippen LogP contribution >= 0.6 is 0 Å². The number of aryl methyl sites for hydroxylation is 1. The van der Waals surface area contributed by atoms with Crippen molar-refractivity contribution in [3.8, 4) is 6.07 Å². The molecule has 2 N–H and O–H groups in total. The number of aromatic nitrogens is 2. The summed E-state index contributed by atoms with van der Waals surface area (Å²) in [5.74, 6) is 0.174. The van der Waals surface area contributed by atoms with Crippen molar-refractivity contribution in [3.63, 3.8) is 0 Å². The van der Waals surface area contributed by atoms with Crippen LogP contribution in [0.5, 0.6) is 0 Å². The lowest BCUT2D eigenvalue weighted by Gasteiger charge is -2.11. The summed E-state index contributed by atoms with van der Waals surface area (Å²) in [6, 6.07) is 14.7. The van der Waals surface area contributed by atoms with E-state index in [1.54, 1.807) is 24.3 Å². The van der Waals surface area contributed by atoms with Crippen LogP contribution in [-0.4, -0.2) is 15.9 Å². The number of carbonyl (C=O) groups excluding carboxylic acids is 1. The number of hydrogen-bond acceptors (Lipinski definition) is 5. The molecular formula is C20H17N5O. The number of hydrogen-bond donors (Lipinski definition) is 2. The Morgan fingerprint density at radius 1 is 1.08 bits per heavy atom. The highest BCUT2D eigenvalue weighted by Crippen LogP contribution is 2.21. The van der Waals surface area contributed by atoms with Crippen LogP contribution in [0.4, 0.5) is 17.2 Å². The highest BCUT2D eigenvalue weighted by atomic mass is 16.1. The number of nitrogens with zero attached hydrogens (tertiary/aromatic N) is 3. The molecule has 0 saturated carbocycles. The third kappa shape index (κ3) is 3.84. The van der Waals surface area contributed by atoms with E-state index in [9.17, 15) is 4.79 Å². The quantitative estimate of drug-likeness (QED) is 0.748. The lowest BCUT2D eigenvalue weighted by atomic mass is 10.1. The SMILES string of the molecule is Cc1cccc(Nc2cnc(C(=O)Nc3cccc(C#N)c3)cn2)c1C. The van der Waals surface area contributed by atoms with Crippen molar-refractivity contribution in [2.45, 2.75) is 13.8 Å². The molecule has 0 atom stereocenters. The van der Waals surface area contributed by atoms with E-state index in [4.69, 9.17) is 5.26 Å². The molecule has 0 aliphatic heterocycles. The number of amides is 1. The lowest BCUT2D eigenvalue weighted by Crippen LogP contribution is -2.14. The third-order valence-electron chi connectivity index (χ3n) is 4.00. The summed E-state index contributed by atoms with van der Waals surface area (Å²) in [5, 5.41) is 14.8. The van der Waals surface area contributed by atoms with E-state index in [1.165, 1.54) is 18.0 Å². The zero-order valence-corrected chi connectivity index (χ0v) is 14.4. The molecule has 26 heavy (non-hydrogen) atoms. The lowest BCUT2D eigenvalue weighted by molar-refractivity contribution is 0.102. The van der Waals surface area contributed by atoms with Crippen molar-refractivity contribution in [1.29, 1.82) is 5.26 Å². The van der Waals surface area contributed by atoms with Gasteiger partial charge in [-0.3, -0.25) is 4.79 Å². The van der Waals surface area contributed by atoms with Crippen molar-refractivity contribution in [3.05, 3.63) is 77.2 Å². The third-order valence-corrected chi connectivity index (χ3v) is 4.00. The first-order valence-electron chi connectivity index (χ1n) is 8.03. The van der Waals surface area contributed by atoms with Gasteiger partial charge in [0.25, 0.3) is 5.91 Å². The molecule has 3 aromatic rings. The highest BCUT2D eigenvalue weighted by molar-refractivity contribution is 6.02. The van der Waals surface area contributed by atoms with E-state index in [2.05, 4.69) is 20.6 Å². The minimum atomic E-state index is -0.383. The van der Waals surface area contributed by atoms with Crippen molar-refractivity contribution in [2.24, 2.45) is 0 Å². The fraction of sp³-hybridized carbons (Fsp3) is 0.100. The van der Waals surface area contributed by atoms with Crippen LogP contribution in [-0.2, 0) is 0 Å². The van der Waals surface area contributed by atoms with Gasteiger partial charge in [-0.25, -0.2) is 9.97 Å². The van der Waals surface area contributed by atoms with Crippen LogP contribution in [0.2, 0.25) is 0 Å². The van der Waals surface area contributed by atoms with Gasteiger partial charge in [-0.05, 0) is 49.2 Å². The molecule has 1 amide bonds. The summed E-state index contributed by atoms with van der Waals surface area (Å²) >= 11 is 0. The Bertz CT molecular complexity index is 990. The predicted octanol–water partition coefficient (Wildman–Crippen LogP) is 3.96. The van der Waals surface area contributed by atoms with Gasteiger partial charge < -0.3 is 10.6 Å². The van der Waals surface area contributed by atoms with Crippen molar-refractivity contribution in [2.75, 3.05) is 10.6 Å². The van der Waals surface area contributed by atoms with Crippen LogP contribution < -0.4 is 10.6 Å². The summed E-state index contributed by atoms with van der Waals surface area (Å²) in [4.78, 5) is 20.7. The fourth-order valence-corrected chi connectivity index (χ4v) is 2.40. The first-order chi connectivity index (χ1) is 12.6. The van der Waals surface area contributed by atoms with E-state index in [1.807, 2.05) is 38.1 Å². The van der Waals surface area contributed by atoms with Crippen molar-refractivity contribution >= 4 is 23.1 Å². The smallest absolute Gasteiger partial charge is 0.275 e. The average Bonchev–Trinajstić information content (AvgIpc) is 2.66. The van der Waals surface area contributed by atoms with Gasteiger partial charge in [0.2, 0.25) is 0 Å². The maximum Gasteiger partial charge on any atom is 0.275 e. The van der Waals surface area contributed by atoms with Gasteiger partial charge in [0.05, 0.1) is 24.0 Å². The Morgan fingerprint density at radius 3 is 2.62 bits per heavy atom. The Hall–Kier alpha value is -3.72. The molecule has 3 rings (SSSR count). The first-order valence-corrected chi connectivity index (χ1v) is 8.03. The van der Waals surface area contributed by atoms with E-state index < -0.39 is 0 Å². The van der Waals surface area contributed by atoms with Crippen molar-refractivity contribution < 1.29 is 4.79 Å². The number of benzene rings is 2. The van der Waals surface area contributed by atoms with Crippen LogP contribution in [0.3, 0.4) is 0 Å². The van der Waals surface area contributed by atoms with Gasteiger partial charge in [-0.1, -0.05) is 18.2 Å². The second-order valence-corrected chi connectivity index (χ2v) is 5.81. The van der Waals surface area contributed by atoms with Gasteiger partial charge in [0.15, 0.2) is 0 Å². The molecule has 1 heterocycles. The van der Waals surface area contributed by atoms with Crippen LogP contribution in [0.25, 0.3) is 0 Å². The second-order valence-electron chi connectivity index (χ2n) is 5.81. The van der Waals surface area contributed by atoms with Crippen molar-refractivity contribution in [1.82, 2.24) is 9.97 Å². The Labute approximate surface area is 151 Å². The van der Waals surface area contributed by atoms with Crippen LogP contribution in [0.15, 0.2) is 54.9 Å². The monoisotopic (exact) mass is 343 g/mol. The molecule has 128 valence electrons. The Balaban J connectivity index is 1.71. The Kier molecular flexibility index (Phi) is 4.90. The number of anilines is 3. The fourth-order valence-electron chi connectivity index (χ4n) is 2.40. The first kappa shape index (κ1) is 17.1. The number of nitrogens with one attached hydrogen (secondary N) is 2. The predicted molar refractivity (Wildman–Crippen MR) is 100 cm³/mol. The molecule has 0 saturated heterocycles. The van der Waals surface area contributed by atoms with E-state index in [0.717, 1.165) is 11.3 Å². The average molecular weight is 343 g/mol. The minimum Gasteiger partial charge on any atom is -0.339 e. The zero-order chi connectivity index (χ0) is 18.5. The van der Waals surface area contributed by atoms with E-state index in [0.29, 0.717) is 17.1 Å². The largest absolute Gasteiger partial charge is 0.339 e. The summed E-state index contributed by atoms with van der Waals surface area (Å²) in [7, 11) is 0. The molecule has 1 aromatic heterocycles. The zero-order valence-electron chi connectivity index (χ0n) is 14.4. The second kappa shape index (κ2) is 7.45. The maximum atomic E-state index is 12.3. The van der Waals surface area contributed by atoms with Gasteiger partial charge in [0.1, 0.15) is 11.5 Å². The topological polar surface area (TPSA) is 90.7 Å².